The summed E-state index contributed by atoms with van der Waals surface area (Å²) in [5.41, 5.74) is -0.352. The molecule has 2 aromatic carbocycles. The van der Waals surface area contributed by atoms with Crippen molar-refractivity contribution in [3.05, 3.63) is 67.9 Å². The predicted octanol–water partition coefficient (Wildman–Crippen LogP) is 4.86. The molecule has 2 rings (SSSR count). The quantitative estimate of drug-likeness (QED) is 0.526. The van der Waals surface area contributed by atoms with Crippen LogP contribution in [0.25, 0.3) is 0 Å². The van der Waals surface area contributed by atoms with Crippen LogP contribution in [0.1, 0.15) is 15.9 Å². The average molecular weight is 394 g/mol. The molecule has 0 amide bonds. The van der Waals surface area contributed by atoms with Gasteiger partial charge in [-0.3, -0.25) is 4.79 Å². The van der Waals surface area contributed by atoms with Crippen molar-refractivity contribution >= 4 is 37.6 Å². The molecule has 0 bridgehead atoms. The fraction of sp³-hybridized carbons (Fsp3) is 0. The van der Waals surface area contributed by atoms with E-state index in [1.165, 1.54) is 6.07 Å². The van der Waals surface area contributed by atoms with Gasteiger partial charge < -0.3 is 0 Å². The lowest BCUT2D eigenvalue weighted by Gasteiger charge is -2.06. The molecule has 0 spiro atoms. The Labute approximate surface area is 123 Å². The van der Waals surface area contributed by atoms with E-state index in [0.717, 1.165) is 4.47 Å². The predicted molar refractivity (Wildman–Crippen MR) is 71.6 cm³/mol. The molecule has 98 valence electrons. The van der Waals surface area contributed by atoms with E-state index in [4.69, 9.17) is 0 Å². The van der Waals surface area contributed by atoms with Crippen molar-refractivity contribution in [3.63, 3.8) is 0 Å². The summed E-state index contributed by atoms with van der Waals surface area (Å²) < 4.78 is 40.6. The van der Waals surface area contributed by atoms with Crippen LogP contribution < -0.4 is 0 Å². The molecular weight excluding hydrogens is 389 g/mol. The molecule has 0 saturated heterocycles. The summed E-state index contributed by atoms with van der Waals surface area (Å²) in [7, 11) is 0. The molecule has 0 radical (unpaired) electrons. The van der Waals surface area contributed by atoms with Gasteiger partial charge in [0.25, 0.3) is 0 Å². The van der Waals surface area contributed by atoms with E-state index in [9.17, 15) is 18.0 Å². The van der Waals surface area contributed by atoms with Gasteiger partial charge in [-0.2, -0.15) is 0 Å². The summed E-state index contributed by atoms with van der Waals surface area (Å²) in [6.07, 6.45) is 0. The fourth-order valence-electron chi connectivity index (χ4n) is 1.52. The van der Waals surface area contributed by atoms with Crippen molar-refractivity contribution in [2.45, 2.75) is 0 Å². The van der Waals surface area contributed by atoms with Crippen molar-refractivity contribution in [1.29, 1.82) is 0 Å². The van der Waals surface area contributed by atoms with Gasteiger partial charge in [0, 0.05) is 20.6 Å². The van der Waals surface area contributed by atoms with E-state index in [2.05, 4.69) is 31.9 Å². The number of ketones is 1. The molecule has 0 aliphatic rings. The molecule has 0 N–H and O–H groups in total. The first-order chi connectivity index (χ1) is 8.90. The van der Waals surface area contributed by atoms with Crippen LogP contribution >= 0.6 is 31.9 Å². The Hall–Kier alpha value is -1.14. The van der Waals surface area contributed by atoms with Crippen LogP contribution in [-0.2, 0) is 0 Å². The summed E-state index contributed by atoms with van der Waals surface area (Å²) in [5, 5.41) is 0. The van der Waals surface area contributed by atoms with Crippen molar-refractivity contribution in [2.24, 2.45) is 0 Å². The molecule has 0 fully saturated rings. The molecule has 0 saturated carbocycles. The molecule has 1 nitrogen and oxygen atoms in total. The van der Waals surface area contributed by atoms with E-state index >= 15 is 0 Å². The number of carbonyl (C=O) groups is 1. The number of hydrogen-bond donors (Lipinski definition) is 0. The first-order valence-electron chi connectivity index (χ1n) is 5.04. The zero-order valence-electron chi connectivity index (χ0n) is 9.18. The molecule has 0 aliphatic heterocycles. The molecule has 0 atom stereocenters. The highest BCUT2D eigenvalue weighted by Crippen LogP contribution is 2.25. The Morgan fingerprint density at radius 3 is 2.11 bits per heavy atom. The average Bonchev–Trinajstić information content (AvgIpc) is 2.33. The topological polar surface area (TPSA) is 17.1 Å². The lowest BCUT2D eigenvalue weighted by Crippen LogP contribution is -2.07. The minimum atomic E-state index is -1.33. The Morgan fingerprint density at radius 1 is 0.842 bits per heavy atom. The summed E-state index contributed by atoms with van der Waals surface area (Å²) in [5.74, 6) is -4.42. The Morgan fingerprint density at radius 2 is 1.47 bits per heavy atom. The maximum atomic E-state index is 13.5. The molecule has 0 aliphatic carbocycles. The second-order valence-corrected chi connectivity index (χ2v) is 5.47. The van der Waals surface area contributed by atoms with Gasteiger partial charge in [0.2, 0.25) is 0 Å². The summed E-state index contributed by atoms with van der Waals surface area (Å²) in [6.45, 7) is 0. The Balaban J connectivity index is 2.53. The number of carbonyl (C=O) groups excluding carboxylic acids is 1. The van der Waals surface area contributed by atoms with E-state index in [1.54, 1.807) is 12.1 Å². The van der Waals surface area contributed by atoms with Gasteiger partial charge in [0.1, 0.15) is 5.82 Å². The number of hydrogen-bond acceptors (Lipinski definition) is 1. The standard InChI is InChI=1S/C13H5Br2F3O/c14-6-1-2-7(9(15)3-6)13(19)8-4-11(17)12(18)5-10(8)16/h1-5H. The second kappa shape index (κ2) is 5.46. The van der Waals surface area contributed by atoms with Gasteiger partial charge in [0.05, 0.1) is 5.56 Å². The minimum absolute atomic E-state index is 0.160. The zero-order chi connectivity index (χ0) is 14.2. The maximum absolute atomic E-state index is 13.5. The van der Waals surface area contributed by atoms with Crippen LogP contribution in [0.5, 0.6) is 0 Å². The minimum Gasteiger partial charge on any atom is -0.288 e. The highest BCUT2D eigenvalue weighted by atomic mass is 79.9. The van der Waals surface area contributed by atoms with Crippen molar-refractivity contribution in [3.8, 4) is 0 Å². The molecule has 0 heterocycles. The highest BCUT2D eigenvalue weighted by molar-refractivity contribution is 9.11. The van der Waals surface area contributed by atoms with Gasteiger partial charge in [-0.1, -0.05) is 15.9 Å². The van der Waals surface area contributed by atoms with Gasteiger partial charge in [0.15, 0.2) is 17.4 Å². The van der Waals surface area contributed by atoms with Crippen LogP contribution in [0.15, 0.2) is 39.3 Å². The smallest absolute Gasteiger partial charge is 0.197 e. The second-order valence-electron chi connectivity index (χ2n) is 3.70. The SMILES string of the molecule is O=C(c1cc(F)c(F)cc1F)c1ccc(Br)cc1Br. The molecule has 6 heteroatoms. The number of benzene rings is 2. The third kappa shape index (κ3) is 2.90. The summed E-state index contributed by atoms with van der Waals surface area (Å²) in [6, 6.07) is 5.56. The van der Waals surface area contributed by atoms with Crippen molar-refractivity contribution in [2.75, 3.05) is 0 Å². The molecule has 0 aromatic heterocycles. The van der Waals surface area contributed by atoms with Crippen LogP contribution in [0.3, 0.4) is 0 Å². The molecular formula is C13H5Br2F3O. The zero-order valence-corrected chi connectivity index (χ0v) is 12.4. The Bertz CT molecular complexity index is 671. The lowest BCUT2D eigenvalue weighted by atomic mass is 10.0. The van der Waals surface area contributed by atoms with Crippen LogP contribution in [0.2, 0.25) is 0 Å². The van der Waals surface area contributed by atoms with Crippen molar-refractivity contribution in [1.82, 2.24) is 0 Å². The van der Waals surface area contributed by atoms with E-state index in [-0.39, 0.29) is 5.56 Å². The van der Waals surface area contributed by atoms with Crippen LogP contribution in [0.4, 0.5) is 13.2 Å². The van der Waals surface area contributed by atoms with E-state index < -0.39 is 28.8 Å². The van der Waals surface area contributed by atoms with Gasteiger partial charge >= 0.3 is 0 Å². The number of halogens is 5. The largest absolute Gasteiger partial charge is 0.288 e. The third-order valence-corrected chi connectivity index (χ3v) is 3.58. The fourth-order valence-corrected chi connectivity index (χ4v) is 2.74. The highest BCUT2D eigenvalue weighted by Gasteiger charge is 2.19. The normalized spacial score (nSPS) is 10.6. The van der Waals surface area contributed by atoms with Crippen LogP contribution in [-0.4, -0.2) is 5.78 Å². The number of rotatable bonds is 2. The van der Waals surface area contributed by atoms with Crippen LogP contribution in [0, 0.1) is 17.5 Å². The monoisotopic (exact) mass is 392 g/mol. The third-order valence-electron chi connectivity index (χ3n) is 2.43. The first-order valence-corrected chi connectivity index (χ1v) is 6.63. The molecule has 19 heavy (non-hydrogen) atoms. The first kappa shape index (κ1) is 14.3. The van der Waals surface area contributed by atoms with Gasteiger partial charge in [-0.15, -0.1) is 0 Å². The van der Waals surface area contributed by atoms with E-state index in [0.29, 0.717) is 16.6 Å². The van der Waals surface area contributed by atoms with Gasteiger partial charge in [-0.05, 0) is 40.2 Å². The molecule has 0 unspecified atom stereocenters. The summed E-state index contributed by atoms with van der Waals surface area (Å²) >= 11 is 6.37. The maximum Gasteiger partial charge on any atom is 0.197 e. The lowest BCUT2D eigenvalue weighted by molar-refractivity contribution is 0.103. The Kier molecular flexibility index (Phi) is 4.10. The van der Waals surface area contributed by atoms with E-state index in [1.807, 2.05) is 0 Å². The molecule has 2 aromatic rings. The van der Waals surface area contributed by atoms with Crippen molar-refractivity contribution < 1.29 is 18.0 Å². The van der Waals surface area contributed by atoms with Gasteiger partial charge in [-0.25, -0.2) is 13.2 Å². The summed E-state index contributed by atoms with van der Waals surface area (Å²) in [4.78, 5) is 12.1.